The predicted molar refractivity (Wildman–Crippen MR) is 115 cm³/mol. The van der Waals surface area contributed by atoms with Crippen LogP contribution < -0.4 is 14.9 Å². The Morgan fingerprint density at radius 3 is 2.66 bits per heavy atom. The van der Waals surface area contributed by atoms with Crippen LogP contribution in [-0.2, 0) is 6.61 Å². The topological polar surface area (TPSA) is 80.2 Å². The molecule has 0 radical (unpaired) electrons. The van der Waals surface area contributed by atoms with Crippen molar-refractivity contribution >= 4 is 28.1 Å². The van der Waals surface area contributed by atoms with Crippen molar-refractivity contribution in [2.24, 2.45) is 5.10 Å². The number of benzene rings is 3. The SMILES string of the molecule is COc1cc(C(=O)N/N=C/c2cc(Br)ccc2O)ccc1OCc1ccccc1. The molecule has 29 heavy (non-hydrogen) atoms. The van der Waals surface area contributed by atoms with Gasteiger partial charge in [0.1, 0.15) is 12.4 Å². The molecule has 0 saturated heterocycles. The third-order valence-electron chi connectivity index (χ3n) is 4.02. The van der Waals surface area contributed by atoms with E-state index < -0.39 is 5.91 Å². The number of phenolic OH excluding ortho intramolecular Hbond substituents is 1. The van der Waals surface area contributed by atoms with Crippen molar-refractivity contribution in [3.63, 3.8) is 0 Å². The van der Waals surface area contributed by atoms with E-state index in [0.29, 0.717) is 29.2 Å². The molecule has 0 atom stereocenters. The molecule has 0 bridgehead atoms. The minimum Gasteiger partial charge on any atom is -0.507 e. The molecule has 0 aliphatic heterocycles. The van der Waals surface area contributed by atoms with Crippen LogP contribution in [0.4, 0.5) is 0 Å². The quantitative estimate of drug-likeness (QED) is 0.406. The largest absolute Gasteiger partial charge is 0.507 e. The number of halogens is 1. The van der Waals surface area contributed by atoms with Gasteiger partial charge in [-0.15, -0.1) is 0 Å². The second-order valence-electron chi connectivity index (χ2n) is 6.04. The highest BCUT2D eigenvalue weighted by molar-refractivity contribution is 9.10. The number of carbonyl (C=O) groups is 1. The van der Waals surface area contributed by atoms with Crippen LogP contribution >= 0.6 is 15.9 Å². The molecule has 0 aliphatic carbocycles. The Kier molecular flexibility index (Phi) is 6.86. The molecule has 0 aliphatic rings. The summed E-state index contributed by atoms with van der Waals surface area (Å²) in [5.74, 6) is 0.633. The fraction of sp³-hybridized carbons (Fsp3) is 0.0909. The van der Waals surface area contributed by atoms with Crippen LogP contribution in [0.15, 0.2) is 76.3 Å². The first kappa shape index (κ1) is 20.4. The zero-order valence-corrected chi connectivity index (χ0v) is 17.2. The lowest BCUT2D eigenvalue weighted by Crippen LogP contribution is -2.17. The first-order chi connectivity index (χ1) is 14.1. The van der Waals surface area contributed by atoms with Gasteiger partial charge in [-0.1, -0.05) is 46.3 Å². The average Bonchev–Trinajstić information content (AvgIpc) is 2.75. The van der Waals surface area contributed by atoms with Gasteiger partial charge in [-0.3, -0.25) is 4.79 Å². The second kappa shape index (κ2) is 9.75. The third kappa shape index (κ3) is 5.58. The number of rotatable bonds is 7. The fourth-order valence-corrected chi connectivity index (χ4v) is 2.90. The van der Waals surface area contributed by atoms with Crippen LogP contribution in [0.5, 0.6) is 17.2 Å². The van der Waals surface area contributed by atoms with Gasteiger partial charge in [0, 0.05) is 15.6 Å². The van der Waals surface area contributed by atoms with Gasteiger partial charge in [0.15, 0.2) is 11.5 Å². The lowest BCUT2D eigenvalue weighted by atomic mass is 10.2. The van der Waals surface area contributed by atoms with Crippen LogP contribution in [-0.4, -0.2) is 24.3 Å². The number of hydrogen-bond donors (Lipinski definition) is 2. The Balaban J connectivity index is 1.66. The van der Waals surface area contributed by atoms with E-state index in [1.54, 1.807) is 30.3 Å². The molecule has 3 rings (SSSR count). The molecule has 1 amide bonds. The summed E-state index contributed by atoms with van der Waals surface area (Å²) in [6, 6.07) is 19.6. The summed E-state index contributed by atoms with van der Waals surface area (Å²) in [5, 5.41) is 13.7. The van der Waals surface area contributed by atoms with E-state index >= 15 is 0 Å². The van der Waals surface area contributed by atoms with Crippen molar-refractivity contribution in [1.82, 2.24) is 5.43 Å². The van der Waals surface area contributed by atoms with Gasteiger partial charge in [0.25, 0.3) is 5.91 Å². The van der Waals surface area contributed by atoms with Crippen molar-refractivity contribution in [1.29, 1.82) is 0 Å². The second-order valence-corrected chi connectivity index (χ2v) is 6.96. The molecule has 148 valence electrons. The van der Waals surface area contributed by atoms with Crippen LogP contribution in [0, 0.1) is 0 Å². The number of methoxy groups -OCH3 is 1. The Hall–Kier alpha value is -3.32. The van der Waals surface area contributed by atoms with Crippen molar-refractivity contribution in [2.45, 2.75) is 6.61 Å². The molecule has 0 aromatic heterocycles. The number of carbonyl (C=O) groups excluding carboxylic acids is 1. The summed E-state index contributed by atoms with van der Waals surface area (Å²) in [6.07, 6.45) is 1.37. The van der Waals surface area contributed by atoms with Gasteiger partial charge in [0.05, 0.1) is 13.3 Å². The maximum atomic E-state index is 12.4. The van der Waals surface area contributed by atoms with Crippen molar-refractivity contribution in [3.05, 3.63) is 87.9 Å². The number of hydrogen-bond acceptors (Lipinski definition) is 5. The molecule has 0 spiro atoms. The molecular weight excluding hydrogens is 436 g/mol. The van der Waals surface area contributed by atoms with Crippen LogP contribution in [0.25, 0.3) is 0 Å². The maximum Gasteiger partial charge on any atom is 0.271 e. The monoisotopic (exact) mass is 454 g/mol. The van der Waals surface area contributed by atoms with E-state index in [2.05, 4.69) is 26.5 Å². The molecule has 2 N–H and O–H groups in total. The molecule has 0 unspecified atom stereocenters. The highest BCUT2D eigenvalue weighted by atomic mass is 79.9. The molecule has 0 saturated carbocycles. The lowest BCUT2D eigenvalue weighted by molar-refractivity contribution is 0.0954. The molecule has 6 nitrogen and oxygen atoms in total. The average molecular weight is 455 g/mol. The first-order valence-corrected chi connectivity index (χ1v) is 9.53. The highest BCUT2D eigenvalue weighted by Crippen LogP contribution is 2.29. The summed E-state index contributed by atoms with van der Waals surface area (Å²) < 4.78 is 11.9. The number of nitrogens with one attached hydrogen (secondary N) is 1. The van der Waals surface area contributed by atoms with E-state index in [0.717, 1.165) is 10.0 Å². The number of nitrogens with zero attached hydrogens (tertiary/aromatic N) is 1. The molecule has 3 aromatic carbocycles. The van der Waals surface area contributed by atoms with Crippen molar-refractivity contribution < 1.29 is 19.4 Å². The first-order valence-electron chi connectivity index (χ1n) is 8.73. The van der Waals surface area contributed by atoms with E-state index in [1.807, 2.05) is 30.3 Å². The van der Waals surface area contributed by atoms with Gasteiger partial charge in [-0.25, -0.2) is 5.43 Å². The normalized spacial score (nSPS) is 10.7. The third-order valence-corrected chi connectivity index (χ3v) is 4.52. The smallest absolute Gasteiger partial charge is 0.271 e. The molecular formula is C22H19BrN2O4. The predicted octanol–water partition coefficient (Wildman–Crippen LogP) is 4.51. The zero-order valence-electron chi connectivity index (χ0n) is 15.6. The minimum atomic E-state index is -0.413. The Morgan fingerprint density at radius 1 is 1.10 bits per heavy atom. The van der Waals surface area contributed by atoms with Gasteiger partial charge in [-0.2, -0.15) is 5.10 Å². The number of phenols is 1. The van der Waals surface area contributed by atoms with Crippen molar-refractivity contribution in [3.8, 4) is 17.2 Å². The Bertz CT molecular complexity index is 1020. The van der Waals surface area contributed by atoms with E-state index in [1.165, 1.54) is 19.4 Å². The fourth-order valence-electron chi connectivity index (χ4n) is 2.52. The molecule has 0 fully saturated rings. The van der Waals surface area contributed by atoms with Gasteiger partial charge >= 0.3 is 0 Å². The van der Waals surface area contributed by atoms with Gasteiger partial charge in [0.2, 0.25) is 0 Å². The molecule has 3 aromatic rings. The van der Waals surface area contributed by atoms with Crippen LogP contribution in [0.2, 0.25) is 0 Å². The summed E-state index contributed by atoms with van der Waals surface area (Å²) in [5.41, 5.74) is 4.30. The van der Waals surface area contributed by atoms with Crippen LogP contribution in [0.3, 0.4) is 0 Å². The number of ether oxygens (including phenoxy) is 2. The summed E-state index contributed by atoms with van der Waals surface area (Å²) in [6.45, 7) is 0.392. The Labute approximate surface area is 176 Å². The number of aromatic hydroxyl groups is 1. The zero-order chi connectivity index (χ0) is 20.6. The number of amides is 1. The Morgan fingerprint density at radius 2 is 1.90 bits per heavy atom. The van der Waals surface area contributed by atoms with Crippen LogP contribution in [0.1, 0.15) is 21.5 Å². The lowest BCUT2D eigenvalue weighted by Gasteiger charge is -2.12. The van der Waals surface area contributed by atoms with E-state index in [9.17, 15) is 9.90 Å². The standard InChI is InChI=1S/C22H19BrN2O4/c1-28-21-12-16(7-10-20(21)29-14-15-5-3-2-4-6-15)22(27)25-24-13-17-11-18(23)8-9-19(17)26/h2-13,26H,14H2,1H3,(H,25,27)/b24-13+. The minimum absolute atomic E-state index is 0.0628. The maximum absolute atomic E-state index is 12.4. The summed E-state index contributed by atoms with van der Waals surface area (Å²) >= 11 is 3.32. The summed E-state index contributed by atoms with van der Waals surface area (Å²) in [4.78, 5) is 12.4. The summed E-state index contributed by atoms with van der Waals surface area (Å²) in [7, 11) is 1.51. The molecule has 0 heterocycles. The molecule has 7 heteroatoms. The van der Waals surface area contributed by atoms with Gasteiger partial charge in [-0.05, 0) is 42.0 Å². The number of hydrazone groups is 1. The highest BCUT2D eigenvalue weighted by Gasteiger charge is 2.11. The van der Waals surface area contributed by atoms with Crippen molar-refractivity contribution in [2.75, 3.05) is 7.11 Å². The van der Waals surface area contributed by atoms with E-state index in [-0.39, 0.29) is 5.75 Å². The van der Waals surface area contributed by atoms with E-state index in [4.69, 9.17) is 9.47 Å². The van der Waals surface area contributed by atoms with Gasteiger partial charge < -0.3 is 14.6 Å².